The van der Waals surface area contributed by atoms with Crippen molar-refractivity contribution in [1.82, 2.24) is 19.4 Å². The van der Waals surface area contributed by atoms with Gasteiger partial charge in [0.25, 0.3) is 0 Å². The lowest BCUT2D eigenvalue weighted by Crippen LogP contribution is -1.92. The number of nitrogens with two attached hydrogens (primary N) is 1. The maximum absolute atomic E-state index is 5.89. The molecule has 27 heavy (non-hydrogen) atoms. The highest BCUT2D eigenvalue weighted by atomic mass is 15.0. The topological polar surface area (TPSA) is 72.0 Å². The van der Waals surface area contributed by atoms with Crippen LogP contribution in [0.3, 0.4) is 0 Å². The predicted molar refractivity (Wildman–Crippen MR) is 106 cm³/mol. The number of nitrogen functional groups attached to an aromatic ring is 1. The van der Waals surface area contributed by atoms with Gasteiger partial charge < -0.3 is 10.7 Å². The molecule has 127 valence electrons. The molecule has 4 aromatic heterocycles. The van der Waals surface area contributed by atoms with E-state index in [4.69, 9.17) is 5.73 Å². The summed E-state index contributed by atoms with van der Waals surface area (Å²) in [5.41, 5.74) is 11.3. The third kappa shape index (κ3) is 2.70. The average Bonchev–Trinajstić information content (AvgIpc) is 3.33. The van der Waals surface area contributed by atoms with Crippen molar-refractivity contribution in [1.29, 1.82) is 0 Å². The fraction of sp³-hybridized carbons (Fsp3) is 0. The molecule has 0 saturated carbocycles. The Bertz CT molecular complexity index is 1330. The molecular weight excluding hydrogens is 334 g/mol. The van der Waals surface area contributed by atoms with Gasteiger partial charge in [-0.15, -0.1) is 0 Å². The number of benzene rings is 1. The highest BCUT2D eigenvalue weighted by molar-refractivity contribution is 5.84. The minimum atomic E-state index is 0.440. The molecule has 0 aliphatic rings. The molecule has 0 aliphatic carbocycles. The Labute approximate surface area is 155 Å². The van der Waals surface area contributed by atoms with Crippen LogP contribution in [-0.4, -0.2) is 19.4 Å². The highest BCUT2D eigenvalue weighted by Gasteiger charge is 2.05. The summed E-state index contributed by atoms with van der Waals surface area (Å²) in [6.45, 7) is 0. The van der Waals surface area contributed by atoms with Gasteiger partial charge in [0.15, 0.2) is 0 Å². The second kappa shape index (κ2) is 6.04. The van der Waals surface area contributed by atoms with Gasteiger partial charge in [0, 0.05) is 23.3 Å². The van der Waals surface area contributed by atoms with E-state index in [-0.39, 0.29) is 0 Å². The summed E-state index contributed by atoms with van der Waals surface area (Å²) in [6, 6.07) is 18.7. The Morgan fingerprint density at radius 1 is 1.04 bits per heavy atom. The number of aromatic amines is 1. The van der Waals surface area contributed by atoms with Crippen LogP contribution in [0, 0.1) is 17.9 Å². The van der Waals surface area contributed by atoms with Gasteiger partial charge in [0.05, 0.1) is 6.20 Å². The van der Waals surface area contributed by atoms with Crippen molar-refractivity contribution in [3.05, 3.63) is 84.4 Å². The third-order valence-corrected chi connectivity index (χ3v) is 4.43. The number of hydrogen-bond acceptors (Lipinski definition) is 3. The molecule has 0 spiro atoms. The molecule has 5 rings (SSSR count). The highest BCUT2D eigenvalue weighted by Crippen LogP contribution is 2.21. The number of imidazole rings is 1. The molecular formula is C22H14N5. The minimum absolute atomic E-state index is 0.440. The number of H-pyrrole nitrogens is 1. The minimum Gasteiger partial charge on any atom is -0.384 e. The number of aromatic nitrogens is 4. The number of rotatable bonds is 1. The lowest BCUT2D eigenvalue weighted by atomic mass is 10.1. The van der Waals surface area contributed by atoms with Crippen molar-refractivity contribution in [2.45, 2.75) is 0 Å². The van der Waals surface area contributed by atoms with E-state index in [0.29, 0.717) is 5.82 Å². The summed E-state index contributed by atoms with van der Waals surface area (Å²) in [5.74, 6) is 6.87. The van der Waals surface area contributed by atoms with Gasteiger partial charge in [-0.05, 0) is 47.4 Å². The zero-order chi connectivity index (χ0) is 18.2. The van der Waals surface area contributed by atoms with E-state index >= 15 is 0 Å². The predicted octanol–water partition coefficient (Wildman–Crippen LogP) is 3.66. The van der Waals surface area contributed by atoms with Gasteiger partial charge in [0.2, 0.25) is 0 Å². The van der Waals surface area contributed by atoms with Crippen LogP contribution in [0.25, 0.3) is 27.8 Å². The summed E-state index contributed by atoms with van der Waals surface area (Å²) in [7, 11) is 0. The number of hydrogen-bond donors (Lipinski definition) is 2. The summed E-state index contributed by atoms with van der Waals surface area (Å²) < 4.78 is 2.00. The number of nitrogens with zero attached hydrogens (tertiary/aromatic N) is 3. The Morgan fingerprint density at radius 3 is 2.81 bits per heavy atom. The van der Waals surface area contributed by atoms with E-state index in [0.717, 1.165) is 39.1 Å². The standard InChI is InChI=1S/C22H14N5/c23-20-12-16(19-10-11-24-22(19)26-20)6-8-18-13-25-21-9-7-17(14-27(18)21)15-4-2-1-3-5-15/h2-5,7,9-14H,(H3,23,24,26). The Kier molecular flexibility index (Phi) is 3.41. The molecule has 0 amide bonds. The summed E-state index contributed by atoms with van der Waals surface area (Å²) in [4.78, 5) is 11.8. The molecule has 1 radical (unpaired) electrons. The summed E-state index contributed by atoms with van der Waals surface area (Å²) in [6.07, 6.45) is 5.66. The lowest BCUT2D eigenvalue weighted by Gasteiger charge is -2.03. The van der Waals surface area contributed by atoms with Crippen LogP contribution >= 0.6 is 0 Å². The van der Waals surface area contributed by atoms with Crippen molar-refractivity contribution < 1.29 is 0 Å². The van der Waals surface area contributed by atoms with Gasteiger partial charge in [-0.1, -0.05) is 30.2 Å². The van der Waals surface area contributed by atoms with E-state index in [2.05, 4.69) is 45.1 Å². The molecule has 0 atom stereocenters. The first-order valence-electron chi connectivity index (χ1n) is 8.47. The van der Waals surface area contributed by atoms with Gasteiger partial charge in [-0.3, -0.25) is 4.40 Å². The van der Waals surface area contributed by atoms with Crippen molar-refractivity contribution >= 4 is 22.5 Å². The molecule has 4 heterocycles. The Balaban J connectivity index is 1.62. The zero-order valence-corrected chi connectivity index (χ0v) is 14.3. The van der Waals surface area contributed by atoms with Crippen LogP contribution in [-0.2, 0) is 0 Å². The van der Waals surface area contributed by atoms with E-state index in [1.165, 1.54) is 0 Å². The second-order valence-electron chi connectivity index (χ2n) is 6.16. The molecule has 5 aromatic rings. The van der Waals surface area contributed by atoms with E-state index in [1.807, 2.05) is 47.0 Å². The summed E-state index contributed by atoms with van der Waals surface area (Å²) in [5, 5.41) is 0.951. The Morgan fingerprint density at radius 2 is 1.93 bits per heavy atom. The molecule has 5 heteroatoms. The van der Waals surface area contributed by atoms with Crippen LogP contribution in [0.2, 0.25) is 0 Å². The SMILES string of the molecule is Nc1cc(C#Cc2cnc3ccc(-c4cc[c]cc4)cn23)c2cc[nH]c2n1. The first-order valence-corrected chi connectivity index (χ1v) is 8.47. The quantitative estimate of drug-likeness (QED) is 0.454. The van der Waals surface area contributed by atoms with Crippen molar-refractivity contribution in [3.63, 3.8) is 0 Å². The fourth-order valence-electron chi connectivity index (χ4n) is 3.12. The van der Waals surface area contributed by atoms with Crippen LogP contribution in [0.5, 0.6) is 0 Å². The second-order valence-corrected chi connectivity index (χ2v) is 6.16. The van der Waals surface area contributed by atoms with E-state index < -0.39 is 0 Å². The molecule has 0 fully saturated rings. The van der Waals surface area contributed by atoms with E-state index in [1.54, 1.807) is 12.3 Å². The number of fused-ring (bicyclic) bond motifs is 2. The maximum Gasteiger partial charge on any atom is 0.140 e. The van der Waals surface area contributed by atoms with Gasteiger partial charge in [-0.25, -0.2) is 9.97 Å². The first kappa shape index (κ1) is 15.2. The maximum atomic E-state index is 5.89. The number of nitrogens with one attached hydrogen (secondary N) is 1. The summed E-state index contributed by atoms with van der Waals surface area (Å²) >= 11 is 0. The van der Waals surface area contributed by atoms with Crippen LogP contribution in [0.4, 0.5) is 5.82 Å². The fourth-order valence-corrected chi connectivity index (χ4v) is 3.12. The van der Waals surface area contributed by atoms with Crippen LogP contribution in [0.1, 0.15) is 11.3 Å². The smallest absolute Gasteiger partial charge is 0.140 e. The van der Waals surface area contributed by atoms with Crippen molar-refractivity contribution in [2.75, 3.05) is 5.73 Å². The molecule has 0 aliphatic heterocycles. The average molecular weight is 348 g/mol. The molecule has 0 unspecified atom stereocenters. The van der Waals surface area contributed by atoms with E-state index in [9.17, 15) is 0 Å². The molecule has 0 saturated heterocycles. The van der Waals surface area contributed by atoms with Crippen LogP contribution in [0.15, 0.2) is 67.1 Å². The van der Waals surface area contributed by atoms with Crippen LogP contribution < -0.4 is 5.73 Å². The molecule has 5 nitrogen and oxygen atoms in total. The molecule has 0 bridgehead atoms. The number of pyridine rings is 2. The molecule has 1 aromatic carbocycles. The van der Waals surface area contributed by atoms with Gasteiger partial charge in [-0.2, -0.15) is 0 Å². The van der Waals surface area contributed by atoms with Gasteiger partial charge >= 0.3 is 0 Å². The van der Waals surface area contributed by atoms with Crippen molar-refractivity contribution in [2.24, 2.45) is 0 Å². The van der Waals surface area contributed by atoms with Crippen molar-refractivity contribution in [3.8, 4) is 23.0 Å². The first-order chi connectivity index (χ1) is 13.3. The van der Waals surface area contributed by atoms with Gasteiger partial charge in [0.1, 0.15) is 22.8 Å². The molecule has 3 N–H and O–H groups in total. The monoisotopic (exact) mass is 348 g/mol. The zero-order valence-electron chi connectivity index (χ0n) is 14.3. The third-order valence-electron chi connectivity index (χ3n) is 4.43. The largest absolute Gasteiger partial charge is 0.384 e. The number of anilines is 1. The Hall–Kier alpha value is -4.04. The normalized spacial score (nSPS) is 10.8. The lowest BCUT2D eigenvalue weighted by molar-refractivity contribution is 1.16.